The van der Waals surface area contributed by atoms with Crippen molar-refractivity contribution in [3.8, 4) is 5.75 Å². The fourth-order valence-electron chi connectivity index (χ4n) is 2.13. The zero-order chi connectivity index (χ0) is 13.2. The molecule has 0 saturated carbocycles. The molecule has 0 saturated heterocycles. The molecule has 0 aromatic heterocycles. The van der Waals surface area contributed by atoms with Crippen LogP contribution in [0.2, 0.25) is 0 Å². The third kappa shape index (κ3) is 3.70. The van der Waals surface area contributed by atoms with E-state index in [0.717, 1.165) is 29.7 Å². The van der Waals surface area contributed by atoms with E-state index < -0.39 is 5.60 Å². The van der Waals surface area contributed by atoms with Crippen LogP contribution in [0, 0.1) is 0 Å². The summed E-state index contributed by atoms with van der Waals surface area (Å²) in [5.74, 6) is 0.940. The van der Waals surface area contributed by atoms with Gasteiger partial charge in [0.25, 0.3) is 0 Å². The van der Waals surface area contributed by atoms with Crippen LogP contribution < -0.4 is 10.1 Å². The van der Waals surface area contributed by atoms with Crippen LogP contribution in [-0.4, -0.2) is 23.9 Å². The molecule has 1 atom stereocenters. The monoisotopic (exact) mass is 313 g/mol. The summed E-state index contributed by atoms with van der Waals surface area (Å²) in [5.41, 5.74) is 0.489. The van der Waals surface area contributed by atoms with Gasteiger partial charge in [-0.1, -0.05) is 22.0 Å². The van der Waals surface area contributed by atoms with Crippen molar-refractivity contribution in [2.24, 2.45) is 0 Å². The smallest absolute Gasteiger partial charge is 0.125 e. The Balaban J connectivity index is 2.17. The lowest BCUT2D eigenvalue weighted by Crippen LogP contribution is -2.36. The Bertz CT molecular complexity index is 415. The van der Waals surface area contributed by atoms with Gasteiger partial charge in [-0.2, -0.15) is 0 Å². The second-order valence-corrected chi connectivity index (χ2v) is 6.33. The second-order valence-electron chi connectivity index (χ2n) is 5.42. The van der Waals surface area contributed by atoms with E-state index in [2.05, 4.69) is 27.3 Å². The van der Waals surface area contributed by atoms with Gasteiger partial charge < -0.3 is 15.2 Å². The molecule has 0 aliphatic carbocycles. The van der Waals surface area contributed by atoms with Crippen molar-refractivity contribution in [1.82, 2.24) is 5.32 Å². The molecule has 0 amide bonds. The SMILES string of the molecule is CC(C)(O)CNC1CCCOc2cc(Br)ccc21. The van der Waals surface area contributed by atoms with Gasteiger partial charge in [-0.3, -0.25) is 0 Å². The molecule has 1 aromatic carbocycles. The third-order valence-electron chi connectivity index (χ3n) is 3.03. The number of aliphatic hydroxyl groups is 1. The molecule has 2 rings (SSSR count). The van der Waals surface area contributed by atoms with Gasteiger partial charge in [0.05, 0.1) is 12.2 Å². The van der Waals surface area contributed by atoms with Gasteiger partial charge in [-0.25, -0.2) is 0 Å². The Kier molecular flexibility index (Phi) is 4.30. The molecule has 0 fully saturated rings. The van der Waals surface area contributed by atoms with Crippen LogP contribution >= 0.6 is 15.9 Å². The zero-order valence-electron chi connectivity index (χ0n) is 10.9. The summed E-state index contributed by atoms with van der Waals surface area (Å²) in [6, 6.07) is 6.39. The van der Waals surface area contributed by atoms with Crippen LogP contribution in [0.5, 0.6) is 5.75 Å². The van der Waals surface area contributed by atoms with Crippen LogP contribution in [0.25, 0.3) is 0 Å². The van der Waals surface area contributed by atoms with Gasteiger partial charge in [0, 0.05) is 22.6 Å². The molecule has 1 unspecified atom stereocenters. The van der Waals surface area contributed by atoms with Crippen LogP contribution in [0.1, 0.15) is 38.3 Å². The topological polar surface area (TPSA) is 41.5 Å². The first-order chi connectivity index (χ1) is 8.46. The fourth-order valence-corrected chi connectivity index (χ4v) is 2.47. The van der Waals surface area contributed by atoms with Gasteiger partial charge in [0.15, 0.2) is 0 Å². The van der Waals surface area contributed by atoms with Crippen molar-refractivity contribution in [3.05, 3.63) is 28.2 Å². The highest BCUT2D eigenvalue weighted by atomic mass is 79.9. The predicted molar refractivity (Wildman–Crippen MR) is 75.9 cm³/mol. The Morgan fingerprint density at radius 2 is 2.28 bits per heavy atom. The van der Waals surface area contributed by atoms with Gasteiger partial charge in [-0.05, 0) is 38.8 Å². The van der Waals surface area contributed by atoms with Gasteiger partial charge in [0.2, 0.25) is 0 Å². The van der Waals surface area contributed by atoms with Crippen LogP contribution in [0.4, 0.5) is 0 Å². The standard InChI is InChI=1S/C14H20BrNO2/c1-14(2,17)9-16-12-4-3-7-18-13-8-10(15)5-6-11(12)13/h5-6,8,12,16-17H,3-4,7,9H2,1-2H3. The summed E-state index contributed by atoms with van der Waals surface area (Å²) in [6.45, 7) is 4.96. The molecule has 1 aliphatic rings. The number of rotatable bonds is 3. The normalized spacial score (nSPS) is 19.9. The lowest BCUT2D eigenvalue weighted by molar-refractivity contribution is 0.0760. The molecule has 0 radical (unpaired) electrons. The molecule has 18 heavy (non-hydrogen) atoms. The van der Waals surface area contributed by atoms with Gasteiger partial charge in [-0.15, -0.1) is 0 Å². The van der Waals surface area contributed by atoms with Crippen molar-refractivity contribution in [2.45, 2.75) is 38.3 Å². The van der Waals surface area contributed by atoms with Crippen molar-refractivity contribution < 1.29 is 9.84 Å². The molecule has 0 spiro atoms. The largest absolute Gasteiger partial charge is 0.493 e. The highest BCUT2D eigenvalue weighted by Crippen LogP contribution is 2.33. The predicted octanol–water partition coefficient (Wildman–Crippen LogP) is 3.02. The number of ether oxygens (including phenoxy) is 1. The number of nitrogens with one attached hydrogen (secondary N) is 1. The average Bonchev–Trinajstić information content (AvgIpc) is 2.47. The lowest BCUT2D eigenvalue weighted by Gasteiger charge is -2.24. The maximum Gasteiger partial charge on any atom is 0.125 e. The van der Waals surface area contributed by atoms with E-state index in [1.54, 1.807) is 0 Å². The van der Waals surface area contributed by atoms with Gasteiger partial charge >= 0.3 is 0 Å². The minimum Gasteiger partial charge on any atom is -0.493 e. The number of benzene rings is 1. The molecule has 4 heteroatoms. The van der Waals surface area contributed by atoms with Crippen LogP contribution in [-0.2, 0) is 0 Å². The van der Waals surface area contributed by atoms with E-state index in [9.17, 15) is 5.11 Å². The number of hydrogen-bond donors (Lipinski definition) is 2. The van der Waals surface area contributed by atoms with Crippen molar-refractivity contribution in [2.75, 3.05) is 13.2 Å². The Hall–Kier alpha value is -0.580. The molecule has 1 aromatic rings. The van der Waals surface area contributed by atoms with E-state index in [0.29, 0.717) is 6.54 Å². The van der Waals surface area contributed by atoms with Crippen molar-refractivity contribution in [3.63, 3.8) is 0 Å². The number of fused-ring (bicyclic) bond motifs is 1. The molecule has 3 nitrogen and oxygen atoms in total. The Morgan fingerprint density at radius 1 is 1.50 bits per heavy atom. The summed E-state index contributed by atoms with van der Waals surface area (Å²) < 4.78 is 6.79. The molecule has 100 valence electrons. The van der Waals surface area contributed by atoms with Crippen LogP contribution in [0.15, 0.2) is 22.7 Å². The minimum absolute atomic E-state index is 0.252. The Labute approximate surface area is 117 Å². The highest BCUT2D eigenvalue weighted by Gasteiger charge is 2.22. The van der Waals surface area contributed by atoms with E-state index in [1.165, 1.54) is 5.56 Å². The molecule has 1 heterocycles. The summed E-state index contributed by atoms with van der Waals surface area (Å²) in [6.07, 6.45) is 2.06. The minimum atomic E-state index is -0.692. The van der Waals surface area contributed by atoms with Crippen LogP contribution in [0.3, 0.4) is 0 Å². The first-order valence-electron chi connectivity index (χ1n) is 6.34. The first kappa shape index (κ1) is 13.8. The summed E-state index contributed by atoms with van der Waals surface area (Å²) in [4.78, 5) is 0. The molecule has 2 N–H and O–H groups in total. The van der Waals surface area contributed by atoms with Gasteiger partial charge in [0.1, 0.15) is 5.75 Å². The first-order valence-corrected chi connectivity index (χ1v) is 7.13. The maximum atomic E-state index is 9.81. The highest BCUT2D eigenvalue weighted by molar-refractivity contribution is 9.10. The van der Waals surface area contributed by atoms with E-state index in [1.807, 2.05) is 26.0 Å². The molecule has 0 bridgehead atoms. The van der Waals surface area contributed by atoms with Crippen molar-refractivity contribution in [1.29, 1.82) is 0 Å². The third-order valence-corrected chi connectivity index (χ3v) is 3.52. The molecule has 1 aliphatic heterocycles. The number of halogens is 1. The van der Waals surface area contributed by atoms with E-state index >= 15 is 0 Å². The fraction of sp³-hybridized carbons (Fsp3) is 0.571. The van der Waals surface area contributed by atoms with E-state index in [-0.39, 0.29) is 6.04 Å². The zero-order valence-corrected chi connectivity index (χ0v) is 12.5. The van der Waals surface area contributed by atoms with Crippen molar-refractivity contribution >= 4 is 15.9 Å². The summed E-state index contributed by atoms with van der Waals surface area (Å²) in [5, 5.41) is 13.2. The Morgan fingerprint density at radius 3 is 3.00 bits per heavy atom. The number of hydrogen-bond acceptors (Lipinski definition) is 3. The van der Waals surface area contributed by atoms with E-state index in [4.69, 9.17) is 4.74 Å². The second kappa shape index (κ2) is 5.59. The quantitative estimate of drug-likeness (QED) is 0.901. The summed E-state index contributed by atoms with van der Waals surface area (Å²) >= 11 is 3.47. The lowest BCUT2D eigenvalue weighted by atomic mass is 10.0. The molecular weight excluding hydrogens is 294 g/mol. The maximum absolute atomic E-state index is 9.81. The average molecular weight is 314 g/mol. The summed E-state index contributed by atoms with van der Waals surface area (Å²) in [7, 11) is 0. The molecular formula is C14H20BrNO2.